The van der Waals surface area contributed by atoms with Crippen LogP contribution in [0.4, 0.5) is 18.9 Å². The summed E-state index contributed by atoms with van der Waals surface area (Å²) in [5.74, 6) is -0.252. The van der Waals surface area contributed by atoms with Gasteiger partial charge < -0.3 is 25.2 Å². The number of likely N-dealkylation sites (N-methyl/N-ethyl adjacent to an activating group) is 1. The topological polar surface area (TPSA) is 94.2 Å². The van der Waals surface area contributed by atoms with Crippen molar-refractivity contribution in [1.29, 1.82) is 0 Å². The number of nitrogens with one attached hydrogen (secondary N) is 2. The summed E-state index contributed by atoms with van der Waals surface area (Å²) in [7, 11) is 0.00184. The number of carbonyl (C=O) groups excluding carboxylic acids is 1. The zero-order valence-corrected chi connectivity index (χ0v) is 22.9. The van der Waals surface area contributed by atoms with E-state index in [2.05, 4.69) is 32.2 Å². The van der Waals surface area contributed by atoms with Crippen LogP contribution in [0, 0.1) is 0 Å². The molecule has 2 N–H and O–H groups in total. The summed E-state index contributed by atoms with van der Waals surface area (Å²) >= 11 is 0. The number of sulfone groups is 1. The van der Waals surface area contributed by atoms with Gasteiger partial charge in [-0.05, 0) is 84.1 Å². The minimum Gasteiger partial charge on any atom is -0.404 e. The van der Waals surface area contributed by atoms with Crippen molar-refractivity contribution in [1.82, 2.24) is 20.0 Å². The van der Waals surface area contributed by atoms with Crippen LogP contribution in [0.25, 0.3) is 0 Å². The average molecular weight is 558 g/mol. The van der Waals surface area contributed by atoms with Crippen LogP contribution in [0.5, 0.6) is 5.75 Å². The van der Waals surface area contributed by atoms with E-state index in [1.807, 2.05) is 6.92 Å². The smallest absolute Gasteiger partial charge is 0.404 e. The molecule has 0 aromatic heterocycles. The molecule has 4 rings (SSSR count). The van der Waals surface area contributed by atoms with Gasteiger partial charge in [0, 0.05) is 13.1 Å². The molecule has 1 aromatic carbocycles. The molecule has 0 radical (unpaired) electrons. The number of hydrogen-bond donors (Lipinski definition) is 2. The van der Waals surface area contributed by atoms with Gasteiger partial charge in [-0.2, -0.15) is 0 Å². The number of piperidine rings is 1. The molecule has 2 atom stereocenters. The number of hydrogen-bond acceptors (Lipinski definition) is 8. The van der Waals surface area contributed by atoms with E-state index in [1.54, 1.807) is 24.1 Å². The molecule has 38 heavy (non-hydrogen) atoms. The lowest BCUT2D eigenvalue weighted by Gasteiger charge is -2.51. The molecule has 210 valence electrons. The molecule has 2 saturated heterocycles. The van der Waals surface area contributed by atoms with E-state index < -0.39 is 39.4 Å². The highest BCUT2D eigenvalue weighted by atomic mass is 32.2. The third-order valence-electron chi connectivity index (χ3n) is 7.32. The lowest BCUT2D eigenvalue weighted by Crippen LogP contribution is -2.67. The summed E-state index contributed by atoms with van der Waals surface area (Å²) in [6.45, 7) is 6.63. The lowest BCUT2D eigenvalue weighted by atomic mass is 9.96. The number of piperazine rings is 1. The molecule has 13 heteroatoms. The first-order valence-electron chi connectivity index (χ1n) is 12.5. The van der Waals surface area contributed by atoms with Crippen molar-refractivity contribution in [2.24, 2.45) is 0 Å². The molecule has 3 aliphatic rings. The molecule has 1 aromatic rings. The largest absolute Gasteiger partial charge is 0.573 e. The van der Waals surface area contributed by atoms with Gasteiger partial charge in [-0.1, -0.05) is 0 Å². The van der Waals surface area contributed by atoms with Crippen LogP contribution in [0.2, 0.25) is 0 Å². The third-order valence-corrected chi connectivity index (χ3v) is 9.47. The summed E-state index contributed by atoms with van der Waals surface area (Å²) in [4.78, 5) is 18.9. The normalized spacial score (nSPS) is 24.0. The Labute approximate surface area is 221 Å². The summed E-state index contributed by atoms with van der Waals surface area (Å²) in [6, 6.07) is 2.96. The number of allylic oxidation sites excluding steroid dienone is 2. The molecular formula is C25H34F3N5O4S. The third kappa shape index (κ3) is 5.64. The molecule has 0 aliphatic carbocycles. The van der Waals surface area contributed by atoms with Crippen molar-refractivity contribution in [3.8, 4) is 5.75 Å². The van der Waals surface area contributed by atoms with Gasteiger partial charge in [0.2, 0.25) is 5.91 Å². The van der Waals surface area contributed by atoms with Crippen LogP contribution >= 0.6 is 0 Å². The standard InChI is InChI=1S/C25H34F3N5O4S/c1-15(2)38(35,36)18-6-8-21(37-25(26,27)28)19(14-18)29-22-9-7-20-23(30-22)33(16(3)24(34)32(20)5)17-10-12-31(4)13-11-17/h6-9,14-17,23,29-30H,10-13H2,1-5H3/t16-,23?/m1/s1. The quantitative estimate of drug-likeness (QED) is 0.551. The van der Waals surface area contributed by atoms with Crippen LogP contribution in [-0.4, -0.2) is 86.1 Å². The maximum Gasteiger partial charge on any atom is 0.573 e. The highest BCUT2D eigenvalue weighted by molar-refractivity contribution is 7.92. The Morgan fingerprint density at radius 2 is 1.79 bits per heavy atom. The van der Waals surface area contributed by atoms with E-state index in [0.29, 0.717) is 5.82 Å². The van der Waals surface area contributed by atoms with Gasteiger partial charge in [-0.25, -0.2) is 8.42 Å². The first-order chi connectivity index (χ1) is 17.7. The average Bonchev–Trinajstić information content (AvgIpc) is 2.84. The zero-order valence-electron chi connectivity index (χ0n) is 22.0. The number of amides is 1. The van der Waals surface area contributed by atoms with Gasteiger partial charge in [0.25, 0.3) is 0 Å². The van der Waals surface area contributed by atoms with Gasteiger partial charge in [-0.3, -0.25) is 9.69 Å². The maximum atomic E-state index is 13.1. The summed E-state index contributed by atoms with van der Waals surface area (Å²) in [5, 5.41) is 5.47. The molecular weight excluding hydrogens is 523 g/mol. The SMILES string of the molecule is CC(C)S(=O)(=O)c1ccc(OC(F)(F)F)c(NC2=CC=C3C(N2)N(C2CCN(C)CC2)[C@H](C)C(=O)N3C)c1. The number of likely N-dealkylation sites (tertiary alicyclic amines) is 1. The molecule has 3 aliphatic heterocycles. The molecule has 3 heterocycles. The van der Waals surface area contributed by atoms with E-state index in [4.69, 9.17) is 0 Å². The van der Waals surface area contributed by atoms with Crippen molar-refractivity contribution in [3.05, 3.63) is 41.9 Å². The second kappa shape index (κ2) is 10.4. The van der Waals surface area contributed by atoms with Crippen LogP contribution in [0.15, 0.2) is 46.8 Å². The van der Waals surface area contributed by atoms with Crippen molar-refractivity contribution in [2.75, 3.05) is 32.5 Å². The lowest BCUT2D eigenvalue weighted by molar-refractivity contribution is -0.274. The van der Waals surface area contributed by atoms with Gasteiger partial charge >= 0.3 is 6.36 Å². The van der Waals surface area contributed by atoms with Crippen LogP contribution in [0.1, 0.15) is 33.6 Å². The number of benzene rings is 1. The summed E-state index contributed by atoms with van der Waals surface area (Å²) < 4.78 is 69.0. The number of anilines is 1. The Bertz CT molecular complexity index is 1240. The van der Waals surface area contributed by atoms with E-state index >= 15 is 0 Å². The van der Waals surface area contributed by atoms with Crippen LogP contribution in [-0.2, 0) is 14.6 Å². The first-order valence-corrected chi connectivity index (χ1v) is 14.1. The number of alkyl halides is 3. The number of rotatable bonds is 6. The van der Waals surface area contributed by atoms with Crippen molar-refractivity contribution in [3.63, 3.8) is 0 Å². The Kier molecular flexibility index (Phi) is 7.74. The predicted molar refractivity (Wildman–Crippen MR) is 137 cm³/mol. The van der Waals surface area contributed by atoms with E-state index in [0.717, 1.165) is 49.8 Å². The fourth-order valence-corrected chi connectivity index (χ4v) is 6.21. The number of nitrogens with zero attached hydrogens (tertiary/aromatic N) is 3. The Morgan fingerprint density at radius 3 is 2.39 bits per heavy atom. The second-order valence-electron chi connectivity index (χ2n) is 10.2. The monoisotopic (exact) mass is 557 g/mol. The van der Waals surface area contributed by atoms with E-state index in [-0.39, 0.29) is 22.5 Å². The van der Waals surface area contributed by atoms with Crippen LogP contribution < -0.4 is 15.4 Å². The van der Waals surface area contributed by atoms with Gasteiger partial charge in [0.15, 0.2) is 15.6 Å². The fraction of sp³-hybridized carbons (Fsp3) is 0.560. The molecule has 9 nitrogen and oxygen atoms in total. The van der Waals surface area contributed by atoms with Crippen molar-refractivity contribution in [2.45, 2.75) is 68.4 Å². The van der Waals surface area contributed by atoms with Gasteiger partial charge in [-0.15, -0.1) is 13.2 Å². The zero-order chi connectivity index (χ0) is 28.0. The number of ether oxygens (including phenoxy) is 1. The van der Waals surface area contributed by atoms with E-state index in [1.165, 1.54) is 13.8 Å². The molecule has 0 bridgehead atoms. The number of fused-ring (bicyclic) bond motifs is 1. The highest BCUT2D eigenvalue weighted by Gasteiger charge is 2.45. The molecule has 1 unspecified atom stereocenters. The Balaban J connectivity index is 1.68. The molecule has 1 amide bonds. The summed E-state index contributed by atoms with van der Waals surface area (Å²) in [6.07, 6.45) is -0.289. The highest BCUT2D eigenvalue weighted by Crippen LogP contribution is 2.36. The van der Waals surface area contributed by atoms with Gasteiger partial charge in [0.05, 0.1) is 27.6 Å². The first kappa shape index (κ1) is 28.2. The molecule has 2 fully saturated rings. The van der Waals surface area contributed by atoms with Crippen molar-refractivity contribution >= 4 is 21.4 Å². The number of carbonyl (C=O) groups is 1. The molecule has 0 saturated carbocycles. The Hall–Kier alpha value is -2.77. The number of dihydropyridines is 1. The second-order valence-corrected chi connectivity index (χ2v) is 12.7. The van der Waals surface area contributed by atoms with Gasteiger partial charge in [0.1, 0.15) is 12.0 Å². The van der Waals surface area contributed by atoms with Crippen molar-refractivity contribution < 1.29 is 31.1 Å². The molecule has 0 spiro atoms. The predicted octanol–water partition coefficient (Wildman–Crippen LogP) is 3.09. The minimum absolute atomic E-state index is 0.0366. The number of halogens is 3. The summed E-state index contributed by atoms with van der Waals surface area (Å²) in [5.41, 5.74) is 0.569. The fourth-order valence-electron chi connectivity index (χ4n) is 5.12. The maximum absolute atomic E-state index is 13.1. The van der Waals surface area contributed by atoms with E-state index in [9.17, 15) is 26.4 Å². The minimum atomic E-state index is -4.97. The van der Waals surface area contributed by atoms with Crippen LogP contribution in [0.3, 0.4) is 0 Å². The Morgan fingerprint density at radius 1 is 1.13 bits per heavy atom.